The van der Waals surface area contributed by atoms with Crippen molar-refractivity contribution in [3.05, 3.63) is 46.8 Å². The van der Waals surface area contributed by atoms with E-state index in [0.717, 1.165) is 28.9 Å². The summed E-state index contributed by atoms with van der Waals surface area (Å²) in [6.45, 7) is 8.50. The first kappa shape index (κ1) is 14.3. The first-order valence-corrected chi connectivity index (χ1v) is 6.74. The average molecular weight is 272 g/mol. The molecule has 2 aromatic rings. The van der Waals surface area contributed by atoms with Crippen LogP contribution < -0.4 is 4.74 Å². The Labute approximate surface area is 119 Å². The maximum Gasteiger partial charge on any atom is 0.150 e. The van der Waals surface area contributed by atoms with Crippen molar-refractivity contribution >= 4 is 6.29 Å². The summed E-state index contributed by atoms with van der Waals surface area (Å²) in [6, 6.07) is 5.98. The van der Waals surface area contributed by atoms with Crippen molar-refractivity contribution in [3.63, 3.8) is 0 Å². The van der Waals surface area contributed by atoms with Crippen LogP contribution in [0.2, 0.25) is 0 Å². The second kappa shape index (κ2) is 5.90. The fraction of sp³-hybridized carbons (Fsp3) is 0.375. The van der Waals surface area contributed by atoms with E-state index >= 15 is 0 Å². The normalized spacial score (nSPS) is 10.8. The summed E-state index contributed by atoms with van der Waals surface area (Å²) in [4.78, 5) is 10.8. The summed E-state index contributed by atoms with van der Waals surface area (Å²) in [5.74, 6) is 0.828. The summed E-state index contributed by atoms with van der Waals surface area (Å²) in [6.07, 6.45) is 2.81. The molecule has 0 aliphatic heterocycles. The van der Waals surface area contributed by atoms with E-state index in [1.54, 1.807) is 0 Å². The molecule has 1 aromatic carbocycles. The summed E-state index contributed by atoms with van der Waals surface area (Å²) in [7, 11) is 0. The number of hydrogen-bond donors (Lipinski definition) is 0. The van der Waals surface area contributed by atoms with Crippen LogP contribution in [0.3, 0.4) is 0 Å². The van der Waals surface area contributed by atoms with E-state index in [9.17, 15) is 4.79 Å². The summed E-state index contributed by atoms with van der Waals surface area (Å²) >= 11 is 0. The van der Waals surface area contributed by atoms with Crippen molar-refractivity contribution < 1.29 is 9.53 Å². The van der Waals surface area contributed by atoms with Gasteiger partial charge in [-0.15, -0.1) is 0 Å². The molecule has 0 spiro atoms. The molecule has 0 saturated carbocycles. The van der Waals surface area contributed by atoms with Crippen LogP contribution in [0.1, 0.15) is 47.1 Å². The minimum atomic E-state index is 0.346. The number of rotatable bonds is 5. The smallest absolute Gasteiger partial charge is 0.150 e. The van der Waals surface area contributed by atoms with Gasteiger partial charge in [-0.2, -0.15) is 5.10 Å². The summed E-state index contributed by atoms with van der Waals surface area (Å²) in [5.41, 5.74) is 3.51. The Kier molecular flexibility index (Phi) is 4.23. The summed E-state index contributed by atoms with van der Waals surface area (Å²) in [5, 5.41) is 4.45. The largest absolute Gasteiger partial charge is 0.487 e. The third-order valence-electron chi connectivity index (χ3n) is 3.18. The van der Waals surface area contributed by atoms with Gasteiger partial charge in [-0.1, -0.05) is 0 Å². The maximum atomic E-state index is 10.8. The van der Waals surface area contributed by atoms with Gasteiger partial charge in [-0.05, 0) is 57.0 Å². The number of carbonyl (C=O) groups is 1. The molecule has 0 saturated heterocycles. The lowest BCUT2D eigenvalue weighted by atomic mass is 10.1. The quantitative estimate of drug-likeness (QED) is 0.783. The van der Waals surface area contributed by atoms with E-state index in [-0.39, 0.29) is 0 Å². The van der Waals surface area contributed by atoms with Crippen molar-refractivity contribution in [1.29, 1.82) is 0 Å². The van der Waals surface area contributed by atoms with Crippen molar-refractivity contribution in [2.75, 3.05) is 0 Å². The molecular formula is C16H20N2O2. The van der Waals surface area contributed by atoms with Crippen molar-refractivity contribution in [1.82, 2.24) is 9.78 Å². The van der Waals surface area contributed by atoms with Crippen LogP contribution in [-0.2, 0) is 6.61 Å². The Hall–Kier alpha value is -2.10. The lowest BCUT2D eigenvalue weighted by molar-refractivity contribution is 0.112. The molecular weight excluding hydrogens is 252 g/mol. The van der Waals surface area contributed by atoms with Gasteiger partial charge in [0.15, 0.2) is 0 Å². The molecule has 4 nitrogen and oxygen atoms in total. The molecule has 2 rings (SSSR count). The van der Waals surface area contributed by atoms with Gasteiger partial charge in [-0.25, -0.2) is 0 Å². The monoisotopic (exact) mass is 272 g/mol. The van der Waals surface area contributed by atoms with Crippen molar-refractivity contribution in [3.8, 4) is 5.75 Å². The molecule has 0 unspecified atom stereocenters. The number of aldehydes is 1. The topological polar surface area (TPSA) is 44.1 Å². The fourth-order valence-corrected chi connectivity index (χ4v) is 2.17. The Morgan fingerprint density at radius 1 is 1.30 bits per heavy atom. The van der Waals surface area contributed by atoms with Crippen LogP contribution in [0, 0.1) is 13.8 Å². The SMILES string of the molecule is Cc1cc(C=O)cc(C)c1OCc1ccn(C(C)C)n1. The van der Waals surface area contributed by atoms with Gasteiger partial charge in [0.2, 0.25) is 0 Å². The fourth-order valence-electron chi connectivity index (χ4n) is 2.17. The van der Waals surface area contributed by atoms with Crippen LogP contribution in [0.5, 0.6) is 5.75 Å². The molecule has 0 amide bonds. The summed E-state index contributed by atoms with van der Waals surface area (Å²) < 4.78 is 7.77. The lowest BCUT2D eigenvalue weighted by Gasteiger charge is -2.12. The predicted octanol–water partition coefficient (Wildman–Crippen LogP) is 3.47. The zero-order chi connectivity index (χ0) is 14.7. The first-order chi connectivity index (χ1) is 9.51. The zero-order valence-electron chi connectivity index (χ0n) is 12.4. The minimum absolute atomic E-state index is 0.346. The number of aryl methyl sites for hydroxylation is 2. The second-order valence-electron chi connectivity index (χ2n) is 5.27. The van der Waals surface area contributed by atoms with Crippen LogP contribution in [-0.4, -0.2) is 16.1 Å². The van der Waals surface area contributed by atoms with E-state index in [0.29, 0.717) is 18.2 Å². The lowest BCUT2D eigenvalue weighted by Crippen LogP contribution is -2.04. The maximum absolute atomic E-state index is 10.8. The third-order valence-corrected chi connectivity index (χ3v) is 3.18. The predicted molar refractivity (Wildman–Crippen MR) is 78.2 cm³/mol. The molecule has 106 valence electrons. The van der Waals surface area contributed by atoms with Gasteiger partial charge in [0.1, 0.15) is 18.6 Å². The third kappa shape index (κ3) is 3.07. The minimum Gasteiger partial charge on any atom is -0.487 e. The number of carbonyl (C=O) groups excluding carboxylic acids is 1. The molecule has 4 heteroatoms. The Morgan fingerprint density at radius 2 is 1.95 bits per heavy atom. The molecule has 0 aliphatic carbocycles. The highest BCUT2D eigenvalue weighted by atomic mass is 16.5. The number of aromatic nitrogens is 2. The molecule has 0 atom stereocenters. The Bertz CT molecular complexity index is 592. The van der Waals surface area contributed by atoms with Gasteiger partial charge in [0, 0.05) is 17.8 Å². The molecule has 0 radical (unpaired) electrons. The number of nitrogens with zero attached hydrogens (tertiary/aromatic N) is 2. The van der Waals surface area contributed by atoms with Gasteiger partial charge in [0.05, 0.1) is 5.69 Å². The number of ether oxygens (including phenoxy) is 1. The van der Waals surface area contributed by atoms with Gasteiger partial charge in [0.25, 0.3) is 0 Å². The van der Waals surface area contributed by atoms with Gasteiger partial charge < -0.3 is 4.74 Å². The zero-order valence-corrected chi connectivity index (χ0v) is 12.4. The van der Waals surface area contributed by atoms with Crippen LogP contribution >= 0.6 is 0 Å². The molecule has 0 aliphatic rings. The molecule has 0 fully saturated rings. The highest BCUT2D eigenvalue weighted by molar-refractivity contribution is 5.76. The van der Waals surface area contributed by atoms with Crippen molar-refractivity contribution in [2.24, 2.45) is 0 Å². The van der Waals surface area contributed by atoms with Crippen LogP contribution in [0.15, 0.2) is 24.4 Å². The number of hydrogen-bond acceptors (Lipinski definition) is 3. The van der Waals surface area contributed by atoms with Crippen LogP contribution in [0.4, 0.5) is 0 Å². The second-order valence-corrected chi connectivity index (χ2v) is 5.27. The molecule has 1 aromatic heterocycles. The van der Waals surface area contributed by atoms with Gasteiger partial charge >= 0.3 is 0 Å². The Balaban J connectivity index is 2.12. The number of benzene rings is 1. The van der Waals surface area contributed by atoms with Crippen molar-refractivity contribution in [2.45, 2.75) is 40.3 Å². The molecule has 1 heterocycles. The molecule has 0 N–H and O–H groups in total. The van der Waals surface area contributed by atoms with E-state index in [4.69, 9.17) is 4.74 Å². The molecule has 0 bridgehead atoms. The average Bonchev–Trinajstić information content (AvgIpc) is 2.86. The van der Waals surface area contributed by atoms with E-state index in [1.165, 1.54) is 0 Å². The van der Waals surface area contributed by atoms with E-state index in [1.807, 2.05) is 42.9 Å². The highest BCUT2D eigenvalue weighted by Crippen LogP contribution is 2.25. The van der Waals surface area contributed by atoms with Crippen LogP contribution in [0.25, 0.3) is 0 Å². The Morgan fingerprint density at radius 3 is 2.45 bits per heavy atom. The molecule has 20 heavy (non-hydrogen) atoms. The standard InChI is InChI=1S/C16H20N2O2/c1-11(2)18-6-5-15(17-18)10-20-16-12(3)7-14(9-19)8-13(16)4/h5-9,11H,10H2,1-4H3. The van der Waals surface area contributed by atoms with Gasteiger partial charge in [-0.3, -0.25) is 9.48 Å². The first-order valence-electron chi connectivity index (χ1n) is 6.74. The van der Waals surface area contributed by atoms with E-state index in [2.05, 4.69) is 18.9 Å². The highest BCUT2D eigenvalue weighted by Gasteiger charge is 2.08. The van der Waals surface area contributed by atoms with E-state index < -0.39 is 0 Å².